The van der Waals surface area contributed by atoms with Crippen LogP contribution in [0.15, 0.2) is 47.3 Å². The number of ether oxygens (including phenoxy) is 1. The van der Waals surface area contributed by atoms with E-state index in [-0.39, 0.29) is 17.1 Å². The van der Waals surface area contributed by atoms with Gasteiger partial charge in [-0.2, -0.15) is 0 Å². The lowest BCUT2D eigenvalue weighted by atomic mass is 10.1. The van der Waals surface area contributed by atoms with Crippen LogP contribution in [0.3, 0.4) is 0 Å². The summed E-state index contributed by atoms with van der Waals surface area (Å²) < 4.78 is 6.96. The van der Waals surface area contributed by atoms with E-state index in [0.717, 1.165) is 24.8 Å². The van der Waals surface area contributed by atoms with Gasteiger partial charge in [0, 0.05) is 30.5 Å². The molecule has 0 unspecified atom stereocenters. The smallest absolute Gasteiger partial charge is 0.305 e. The third kappa shape index (κ3) is 4.03. The number of aromatic nitrogens is 1. The van der Waals surface area contributed by atoms with Gasteiger partial charge in [-0.15, -0.1) is 0 Å². The Labute approximate surface area is 161 Å². The first kappa shape index (κ1) is 19.5. The molecule has 1 heterocycles. The van der Waals surface area contributed by atoms with Gasteiger partial charge in [-0.05, 0) is 38.0 Å². The third-order valence-corrected chi connectivity index (χ3v) is 4.73. The van der Waals surface area contributed by atoms with Crippen molar-refractivity contribution < 1.29 is 14.5 Å². The summed E-state index contributed by atoms with van der Waals surface area (Å²) in [6.45, 7) is 2.83. The van der Waals surface area contributed by atoms with Crippen molar-refractivity contribution in [3.8, 4) is 0 Å². The van der Waals surface area contributed by atoms with Gasteiger partial charge in [-0.3, -0.25) is 19.7 Å². The Bertz CT molecular complexity index is 1090. The Kier molecular flexibility index (Phi) is 6.03. The maximum Gasteiger partial charge on any atom is 0.305 e. The third-order valence-electron chi connectivity index (χ3n) is 4.73. The molecule has 0 spiro atoms. The molecule has 0 aliphatic heterocycles. The number of fused-ring (bicyclic) bond motifs is 2. The number of hydrogen-bond acceptors (Lipinski definition) is 5. The first-order valence-electron chi connectivity index (χ1n) is 9.38. The minimum Gasteiger partial charge on any atom is -0.466 e. The number of rotatable bonds is 8. The van der Waals surface area contributed by atoms with Crippen molar-refractivity contribution in [1.29, 1.82) is 0 Å². The van der Waals surface area contributed by atoms with Crippen LogP contribution in [0.5, 0.6) is 0 Å². The van der Waals surface area contributed by atoms with Crippen LogP contribution in [0.1, 0.15) is 32.6 Å². The molecule has 28 heavy (non-hydrogen) atoms. The topological polar surface area (TPSA) is 91.4 Å². The molecule has 0 atom stereocenters. The molecule has 7 nitrogen and oxygen atoms in total. The molecule has 0 radical (unpaired) electrons. The standard InChI is InChI=1S/C21H22N2O5/c1-2-28-20(24)10-4-3-7-13-22-18-9-6-5-8-16(18)21(25)17-14-15(23(26)27)11-12-19(17)22/h5-6,8-9,11-12,14H,2-4,7,10,13H2,1H3. The molecule has 0 fully saturated rings. The van der Waals surface area contributed by atoms with Crippen LogP contribution in [0.4, 0.5) is 5.69 Å². The molecular formula is C21H22N2O5. The summed E-state index contributed by atoms with van der Waals surface area (Å²) in [6.07, 6.45) is 2.79. The van der Waals surface area contributed by atoms with Crippen molar-refractivity contribution in [1.82, 2.24) is 4.57 Å². The maximum atomic E-state index is 12.8. The summed E-state index contributed by atoms with van der Waals surface area (Å²) in [5, 5.41) is 12.0. The highest BCUT2D eigenvalue weighted by molar-refractivity contribution is 5.94. The van der Waals surface area contributed by atoms with Gasteiger partial charge in [-0.1, -0.05) is 18.6 Å². The zero-order chi connectivity index (χ0) is 20.1. The summed E-state index contributed by atoms with van der Waals surface area (Å²) in [7, 11) is 0. The number of esters is 1. The van der Waals surface area contributed by atoms with E-state index in [4.69, 9.17) is 4.74 Å². The van der Waals surface area contributed by atoms with Crippen molar-refractivity contribution in [2.75, 3.05) is 6.61 Å². The van der Waals surface area contributed by atoms with Crippen molar-refractivity contribution >= 4 is 33.5 Å². The molecule has 2 aromatic carbocycles. The van der Waals surface area contributed by atoms with E-state index in [1.165, 1.54) is 12.1 Å². The highest BCUT2D eigenvalue weighted by Gasteiger charge is 2.14. The number of para-hydroxylation sites is 1. The first-order chi connectivity index (χ1) is 13.5. The summed E-state index contributed by atoms with van der Waals surface area (Å²) in [4.78, 5) is 34.9. The predicted octanol–water partition coefficient (Wildman–Crippen LogP) is 4.19. The summed E-state index contributed by atoms with van der Waals surface area (Å²) >= 11 is 0. The number of unbranched alkanes of at least 4 members (excludes halogenated alkanes) is 2. The van der Waals surface area contributed by atoms with Crippen molar-refractivity contribution in [2.45, 2.75) is 39.2 Å². The fourth-order valence-corrected chi connectivity index (χ4v) is 3.42. The monoisotopic (exact) mass is 382 g/mol. The molecule has 0 aliphatic rings. The van der Waals surface area contributed by atoms with Gasteiger partial charge in [0.2, 0.25) is 0 Å². The van der Waals surface area contributed by atoms with E-state index in [1.807, 2.05) is 16.7 Å². The van der Waals surface area contributed by atoms with Crippen molar-refractivity contribution in [2.24, 2.45) is 0 Å². The van der Waals surface area contributed by atoms with Gasteiger partial charge >= 0.3 is 5.97 Å². The number of carbonyl (C=O) groups excluding carboxylic acids is 1. The van der Waals surface area contributed by atoms with E-state index in [1.54, 1.807) is 25.1 Å². The van der Waals surface area contributed by atoms with Gasteiger partial charge in [0.05, 0.1) is 27.9 Å². The Balaban J connectivity index is 1.91. The number of nitrogens with zero attached hydrogens (tertiary/aromatic N) is 2. The largest absolute Gasteiger partial charge is 0.466 e. The number of non-ortho nitro benzene ring substituents is 1. The quantitative estimate of drug-likeness (QED) is 0.192. The molecule has 3 rings (SSSR count). The minimum absolute atomic E-state index is 0.0964. The number of nitro groups is 1. The van der Waals surface area contributed by atoms with E-state index in [9.17, 15) is 19.7 Å². The van der Waals surface area contributed by atoms with E-state index in [2.05, 4.69) is 0 Å². The predicted molar refractivity (Wildman–Crippen MR) is 107 cm³/mol. The van der Waals surface area contributed by atoms with Crippen molar-refractivity contribution in [3.05, 3.63) is 62.8 Å². The molecule has 0 amide bonds. The first-order valence-corrected chi connectivity index (χ1v) is 9.38. The second-order valence-corrected chi connectivity index (χ2v) is 6.57. The molecule has 3 aromatic rings. The highest BCUT2D eigenvalue weighted by atomic mass is 16.6. The number of aryl methyl sites for hydroxylation is 1. The summed E-state index contributed by atoms with van der Waals surface area (Å²) in [6, 6.07) is 11.7. The van der Waals surface area contributed by atoms with Crippen LogP contribution >= 0.6 is 0 Å². The van der Waals surface area contributed by atoms with E-state index >= 15 is 0 Å². The van der Waals surface area contributed by atoms with Crippen LogP contribution < -0.4 is 5.43 Å². The Morgan fingerprint density at radius 2 is 1.82 bits per heavy atom. The van der Waals surface area contributed by atoms with Crippen LogP contribution in [0, 0.1) is 10.1 Å². The lowest BCUT2D eigenvalue weighted by Gasteiger charge is -2.15. The van der Waals surface area contributed by atoms with Crippen molar-refractivity contribution in [3.63, 3.8) is 0 Å². The van der Waals surface area contributed by atoms with Crippen LogP contribution in [0.2, 0.25) is 0 Å². The summed E-state index contributed by atoms with van der Waals surface area (Å²) in [5.41, 5.74) is 1.19. The molecule has 0 saturated heterocycles. The van der Waals surface area contributed by atoms with Gasteiger partial charge in [0.15, 0.2) is 5.43 Å². The SMILES string of the molecule is CCOC(=O)CCCCCn1c2ccccc2c(=O)c2cc([N+](=O)[O-])ccc21. The minimum atomic E-state index is -0.492. The fraction of sp³-hybridized carbons (Fsp3) is 0.333. The normalized spacial score (nSPS) is 11.0. The molecule has 0 bridgehead atoms. The van der Waals surface area contributed by atoms with Gasteiger partial charge in [-0.25, -0.2) is 0 Å². The van der Waals surface area contributed by atoms with Gasteiger partial charge in [0.25, 0.3) is 5.69 Å². The molecule has 146 valence electrons. The molecule has 0 saturated carbocycles. The molecule has 1 aromatic heterocycles. The van der Waals surface area contributed by atoms with Crippen LogP contribution in [-0.4, -0.2) is 22.1 Å². The zero-order valence-corrected chi connectivity index (χ0v) is 15.7. The Hall–Kier alpha value is -3.22. The van der Waals surface area contributed by atoms with Crippen LogP contribution in [-0.2, 0) is 16.1 Å². The van der Waals surface area contributed by atoms with Gasteiger partial charge in [0.1, 0.15) is 0 Å². The maximum absolute atomic E-state index is 12.8. The fourth-order valence-electron chi connectivity index (χ4n) is 3.42. The number of pyridine rings is 1. The average molecular weight is 382 g/mol. The molecular weight excluding hydrogens is 360 g/mol. The summed E-state index contributed by atoms with van der Waals surface area (Å²) in [5.74, 6) is -0.186. The van der Waals surface area contributed by atoms with E-state index < -0.39 is 4.92 Å². The number of nitro benzene ring substituents is 1. The molecule has 0 N–H and O–H groups in total. The Morgan fingerprint density at radius 1 is 1.07 bits per heavy atom. The molecule has 7 heteroatoms. The molecule has 0 aliphatic carbocycles. The second-order valence-electron chi connectivity index (χ2n) is 6.57. The number of benzene rings is 2. The second kappa shape index (κ2) is 8.65. The highest BCUT2D eigenvalue weighted by Crippen LogP contribution is 2.24. The Morgan fingerprint density at radius 3 is 2.57 bits per heavy atom. The lowest BCUT2D eigenvalue weighted by molar-refractivity contribution is -0.384. The zero-order valence-electron chi connectivity index (χ0n) is 15.7. The average Bonchev–Trinajstić information content (AvgIpc) is 2.69. The number of carbonyl (C=O) groups is 1. The van der Waals surface area contributed by atoms with Crippen LogP contribution in [0.25, 0.3) is 21.8 Å². The van der Waals surface area contributed by atoms with E-state index in [0.29, 0.717) is 35.9 Å². The number of hydrogen-bond donors (Lipinski definition) is 0. The van der Waals surface area contributed by atoms with Gasteiger partial charge < -0.3 is 9.30 Å². The lowest BCUT2D eigenvalue weighted by Crippen LogP contribution is -2.12.